The Labute approximate surface area is 174 Å². The Hall–Kier alpha value is -1.19. The van der Waals surface area contributed by atoms with E-state index in [1.165, 1.54) is 12.1 Å². The van der Waals surface area contributed by atoms with Crippen LogP contribution in [0.25, 0.3) is 0 Å². The van der Waals surface area contributed by atoms with Crippen LogP contribution in [0.4, 0.5) is 0 Å². The van der Waals surface area contributed by atoms with Gasteiger partial charge in [0.2, 0.25) is 10.0 Å². The SMILES string of the molecule is CCC(C)NS(=O)(=O)c1ccc(C(=O)N2CCC(OCCCN)CC2)cc1.Cl. The molecule has 1 aromatic rings. The molecule has 2 rings (SSSR count). The van der Waals surface area contributed by atoms with E-state index in [-0.39, 0.29) is 35.4 Å². The zero-order valence-corrected chi connectivity index (χ0v) is 18.2. The molecule has 7 nitrogen and oxygen atoms in total. The molecule has 0 aliphatic carbocycles. The van der Waals surface area contributed by atoms with E-state index in [2.05, 4.69) is 4.72 Å². The molecule has 1 aromatic carbocycles. The van der Waals surface area contributed by atoms with Gasteiger partial charge in [0.15, 0.2) is 0 Å². The van der Waals surface area contributed by atoms with Crippen LogP contribution in [0.2, 0.25) is 0 Å². The van der Waals surface area contributed by atoms with Crippen LogP contribution in [0, 0.1) is 0 Å². The average molecular weight is 434 g/mol. The number of nitrogens with two attached hydrogens (primary N) is 1. The van der Waals surface area contributed by atoms with Crippen LogP contribution in [-0.2, 0) is 14.8 Å². The number of nitrogens with one attached hydrogen (secondary N) is 1. The summed E-state index contributed by atoms with van der Waals surface area (Å²) in [5.74, 6) is -0.0748. The highest BCUT2D eigenvalue weighted by Crippen LogP contribution is 2.18. The molecule has 0 bridgehead atoms. The van der Waals surface area contributed by atoms with Crippen molar-refractivity contribution in [1.82, 2.24) is 9.62 Å². The number of nitrogens with zero attached hydrogens (tertiary/aromatic N) is 1. The van der Waals surface area contributed by atoms with E-state index in [4.69, 9.17) is 10.5 Å². The minimum atomic E-state index is -3.56. The maximum Gasteiger partial charge on any atom is 0.253 e. The Bertz CT molecular complexity index is 704. The summed E-state index contributed by atoms with van der Waals surface area (Å²) < 4.78 is 33.0. The van der Waals surface area contributed by atoms with Crippen molar-refractivity contribution in [2.24, 2.45) is 5.73 Å². The second-order valence-corrected chi connectivity index (χ2v) is 8.67. The quantitative estimate of drug-likeness (QED) is 0.581. The topological polar surface area (TPSA) is 102 Å². The number of hydrogen-bond donors (Lipinski definition) is 2. The predicted octanol–water partition coefficient (Wildman–Crippen LogP) is 2.16. The van der Waals surface area contributed by atoms with Gasteiger partial charge in [0.25, 0.3) is 5.91 Å². The van der Waals surface area contributed by atoms with E-state index in [9.17, 15) is 13.2 Å². The molecule has 1 aliphatic heterocycles. The first-order chi connectivity index (χ1) is 12.9. The number of rotatable bonds is 9. The van der Waals surface area contributed by atoms with Crippen molar-refractivity contribution < 1.29 is 17.9 Å². The molecule has 1 heterocycles. The number of sulfonamides is 1. The highest BCUT2D eigenvalue weighted by molar-refractivity contribution is 7.89. The summed E-state index contributed by atoms with van der Waals surface area (Å²) in [7, 11) is -3.56. The number of carbonyl (C=O) groups is 1. The Morgan fingerprint density at radius 2 is 1.89 bits per heavy atom. The molecular formula is C19H32ClN3O4S. The Kier molecular flexibility index (Phi) is 10.4. The van der Waals surface area contributed by atoms with Gasteiger partial charge >= 0.3 is 0 Å². The second kappa shape index (κ2) is 11.7. The molecule has 0 spiro atoms. The Balaban J connectivity index is 0.00000392. The summed E-state index contributed by atoms with van der Waals surface area (Å²) in [6.07, 6.45) is 3.35. The molecule has 0 aromatic heterocycles. The first-order valence-corrected chi connectivity index (χ1v) is 11.1. The van der Waals surface area contributed by atoms with Crippen LogP contribution in [0.1, 0.15) is 49.9 Å². The fraction of sp³-hybridized carbons (Fsp3) is 0.632. The predicted molar refractivity (Wildman–Crippen MR) is 112 cm³/mol. The molecule has 1 atom stereocenters. The van der Waals surface area contributed by atoms with Crippen molar-refractivity contribution in [2.75, 3.05) is 26.2 Å². The summed E-state index contributed by atoms with van der Waals surface area (Å²) in [4.78, 5) is 14.6. The largest absolute Gasteiger partial charge is 0.378 e. The fourth-order valence-corrected chi connectivity index (χ4v) is 4.26. The number of carbonyl (C=O) groups excluding carboxylic acids is 1. The number of halogens is 1. The van der Waals surface area contributed by atoms with Gasteiger partial charge in [0.1, 0.15) is 0 Å². The molecule has 1 saturated heterocycles. The number of hydrogen-bond acceptors (Lipinski definition) is 5. The van der Waals surface area contributed by atoms with Gasteiger partial charge in [0, 0.05) is 31.3 Å². The lowest BCUT2D eigenvalue weighted by molar-refractivity contribution is 0.00844. The van der Waals surface area contributed by atoms with E-state index in [0.29, 0.717) is 38.2 Å². The third-order valence-corrected chi connectivity index (χ3v) is 6.42. The molecule has 1 unspecified atom stereocenters. The van der Waals surface area contributed by atoms with Crippen LogP contribution in [0.5, 0.6) is 0 Å². The van der Waals surface area contributed by atoms with Gasteiger partial charge in [-0.3, -0.25) is 4.79 Å². The van der Waals surface area contributed by atoms with Crippen LogP contribution < -0.4 is 10.5 Å². The number of benzene rings is 1. The number of piperidine rings is 1. The van der Waals surface area contributed by atoms with Crippen LogP contribution in [-0.4, -0.2) is 57.6 Å². The van der Waals surface area contributed by atoms with E-state index < -0.39 is 10.0 Å². The number of ether oxygens (including phenoxy) is 1. The molecule has 3 N–H and O–H groups in total. The average Bonchev–Trinajstić information content (AvgIpc) is 2.68. The van der Waals surface area contributed by atoms with Crippen LogP contribution >= 0.6 is 12.4 Å². The summed E-state index contributed by atoms with van der Waals surface area (Å²) in [6, 6.07) is 6.00. The van der Waals surface area contributed by atoms with Crippen molar-refractivity contribution in [3.63, 3.8) is 0 Å². The van der Waals surface area contributed by atoms with Gasteiger partial charge in [-0.15, -0.1) is 12.4 Å². The third kappa shape index (κ3) is 7.00. The van der Waals surface area contributed by atoms with Crippen molar-refractivity contribution in [3.8, 4) is 0 Å². The molecule has 1 aliphatic rings. The van der Waals surface area contributed by atoms with Gasteiger partial charge in [-0.1, -0.05) is 6.92 Å². The van der Waals surface area contributed by atoms with Gasteiger partial charge in [0.05, 0.1) is 11.0 Å². The van der Waals surface area contributed by atoms with E-state index in [0.717, 1.165) is 19.3 Å². The second-order valence-electron chi connectivity index (χ2n) is 6.96. The lowest BCUT2D eigenvalue weighted by Crippen LogP contribution is -2.41. The van der Waals surface area contributed by atoms with Gasteiger partial charge in [-0.25, -0.2) is 13.1 Å². The molecule has 0 saturated carbocycles. The van der Waals surface area contributed by atoms with Crippen molar-refractivity contribution in [3.05, 3.63) is 29.8 Å². The molecule has 9 heteroatoms. The highest BCUT2D eigenvalue weighted by Gasteiger charge is 2.24. The van der Waals surface area contributed by atoms with Gasteiger partial charge in [-0.2, -0.15) is 0 Å². The first kappa shape index (κ1) is 24.8. The lowest BCUT2D eigenvalue weighted by atomic mass is 10.1. The maximum atomic E-state index is 12.7. The van der Waals surface area contributed by atoms with Crippen molar-refractivity contribution >= 4 is 28.3 Å². The molecule has 160 valence electrons. The summed E-state index contributed by atoms with van der Waals surface area (Å²) in [5, 5.41) is 0. The minimum Gasteiger partial charge on any atom is -0.378 e. The molecule has 1 amide bonds. The zero-order valence-electron chi connectivity index (χ0n) is 16.6. The summed E-state index contributed by atoms with van der Waals surface area (Å²) in [6.45, 7) is 6.30. The smallest absolute Gasteiger partial charge is 0.253 e. The zero-order chi connectivity index (χ0) is 19.9. The van der Waals surface area contributed by atoms with E-state index >= 15 is 0 Å². The third-order valence-electron chi connectivity index (χ3n) is 4.81. The van der Waals surface area contributed by atoms with Crippen molar-refractivity contribution in [1.29, 1.82) is 0 Å². The molecular weight excluding hydrogens is 402 g/mol. The van der Waals surface area contributed by atoms with Crippen LogP contribution in [0.3, 0.4) is 0 Å². The normalized spacial score (nSPS) is 16.5. The minimum absolute atomic E-state index is 0. The highest BCUT2D eigenvalue weighted by atomic mass is 35.5. The van der Waals surface area contributed by atoms with Crippen molar-refractivity contribution in [2.45, 2.75) is 56.6 Å². The molecule has 1 fully saturated rings. The maximum absolute atomic E-state index is 12.7. The van der Waals surface area contributed by atoms with Crippen LogP contribution in [0.15, 0.2) is 29.2 Å². The lowest BCUT2D eigenvalue weighted by Gasteiger charge is -2.32. The Morgan fingerprint density at radius 3 is 2.43 bits per heavy atom. The monoisotopic (exact) mass is 433 g/mol. The van der Waals surface area contributed by atoms with Gasteiger partial charge in [-0.05, 0) is 63.4 Å². The van der Waals surface area contributed by atoms with Gasteiger partial charge < -0.3 is 15.4 Å². The first-order valence-electron chi connectivity index (χ1n) is 9.60. The number of amides is 1. The van der Waals surface area contributed by atoms with E-state index in [1.807, 2.05) is 13.8 Å². The fourth-order valence-electron chi connectivity index (χ4n) is 2.93. The standard InChI is InChI=1S/C19H31N3O4S.ClH/c1-3-15(2)21-27(24,25)18-7-5-16(6-8-18)19(23)22-12-9-17(10-13-22)26-14-4-11-20;/h5-8,15,17,21H,3-4,9-14,20H2,1-2H3;1H. The summed E-state index contributed by atoms with van der Waals surface area (Å²) >= 11 is 0. The van der Waals surface area contributed by atoms with E-state index in [1.54, 1.807) is 17.0 Å². The number of likely N-dealkylation sites (tertiary alicyclic amines) is 1. The molecule has 0 radical (unpaired) electrons. The Morgan fingerprint density at radius 1 is 1.29 bits per heavy atom. The summed E-state index contributed by atoms with van der Waals surface area (Å²) in [5.41, 5.74) is 5.96. The molecule has 28 heavy (non-hydrogen) atoms.